The molecule has 142 valence electrons. The van der Waals surface area contributed by atoms with Gasteiger partial charge in [0.1, 0.15) is 23.8 Å². The Kier molecular flexibility index (Phi) is 4.34. The van der Waals surface area contributed by atoms with Crippen LogP contribution < -0.4 is 5.32 Å². The quantitative estimate of drug-likeness (QED) is 0.499. The highest BCUT2D eigenvalue weighted by atomic mass is 19.1. The van der Waals surface area contributed by atoms with Crippen molar-refractivity contribution in [1.29, 1.82) is 0 Å². The summed E-state index contributed by atoms with van der Waals surface area (Å²) < 4.78 is 29.3. The first-order valence-corrected chi connectivity index (χ1v) is 8.98. The summed E-state index contributed by atoms with van der Waals surface area (Å²) in [6.07, 6.45) is 1.46. The molecule has 4 aromatic rings. The van der Waals surface area contributed by atoms with Crippen molar-refractivity contribution in [2.75, 3.05) is 5.32 Å². The average molecular weight is 378 g/mol. The summed E-state index contributed by atoms with van der Waals surface area (Å²) in [5, 5.41) is 4.19. The van der Waals surface area contributed by atoms with E-state index in [-0.39, 0.29) is 0 Å². The standard InChI is InChI=1S/C22H20F2N4/c1-12-5-13(2)7-18(6-12)27-21-20-14(3)15(4)28(22(20)26-11-25-21)19-9-16(23)8-17(24)10-19/h5-11H,1-4H3,(H,25,26,27). The Hall–Kier alpha value is -3.28. The molecule has 0 aliphatic heterocycles. The predicted molar refractivity (Wildman–Crippen MR) is 107 cm³/mol. The molecule has 0 atom stereocenters. The first-order valence-electron chi connectivity index (χ1n) is 8.98. The maximum Gasteiger partial charge on any atom is 0.150 e. The molecule has 28 heavy (non-hydrogen) atoms. The number of hydrogen-bond donors (Lipinski definition) is 1. The number of halogens is 2. The summed E-state index contributed by atoms with van der Waals surface area (Å²) in [6, 6.07) is 9.65. The van der Waals surface area contributed by atoms with Gasteiger partial charge in [0, 0.05) is 17.4 Å². The lowest BCUT2D eigenvalue weighted by atomic mass is 10.1. The number of rotatable bonds is 3. The van der Waals surface area contributed by atoms with Crippen LogP contribution in [0.1, 0.15) is 22.4 Å². The largest absolute Gasteiger partial charge is 0.340 e. The van der Waals surface area contributed by atoms with Gasteiger partial charge in [-0.2, -0.15) is 0 Å². The number of hydrogen-bond acceptors (Lipinski definition) is 3. The lowest BCUT2D eigenvalue weighted by Gasteiger charge is -2.10. The molecule has 4 rings (SSSR count). The lowest BCUT2D eigenvalue weighted by molar-refractivity contribution is 0.581. The Labute approximate surface area is 161 Å². The molecule has 0 bridgehead atoms. The van der Waals surface area contributed by atoms with Crippen LogP contribution in [0.3, 0.4) is 0 Å². The van der Waals surface area contributed by atoms with Crippen molar-refractivity contribution in [2.24, 2.45) is 0 Å². The molecule has 0 saturated carbocycles. The van der Waals surface area contributed by atoms with E-state index in [2.05, 4.69) is 21.4 Å². The molecular formula is C22H20F2N4. The second-order valence-electron chi connectivity index (χ2n) is 7.10. The molecule has 2 aromatic heterocycles. The van der Waals surface area contributed by atoms with Crippen molar-refractivity contribution in [3.05, 3.63) is 76.7 Å². The third kappa shape index (κ3) is 3.11. The zero-order chi connectivity index (χ0) is 20.0. The predicted octanol–water partition coefficient (Wildman–Crippen LogP) is 5.68. The fraction of sp³-hybridized carbons (Fsp3) is 0.182. The number of benzene rings is 2. The summed E-state index contributed by atoms with van der Waals surface area (Å²) in [5.41, 5.74) is 6.02. The van der Waals surface area contributed by atoms with Gasteiger partial charge >= 0.3 is 0 Å². The number of aromatic nitrogens is 3. The summed E-state index contributed by atoms with van der Waals surface area (Å²) >= 11 is 0. The molecular weight excluding hydrogens is 358 g/mol. The van der Waals surface area contributed by atoms with E-state index in [9.17, 15) is 8.78 Å². The van der Waals surface area contributed by atoms with Crippen LogP contribution >= 0.6 is 0 Å². The Morgan fingerprint density at radius 2 is 1.46 bits per heavy atom. The summed E-state index contributed by atoms with van der Waals surface area (Å²) in [5.74, 6) is -0.598. The van der Waals surface area contributed by atoms with Gasteiger partial charge in [-0.25, -0.2) is 18.7 Å². The number of nitrogens with one attached hydrogen (secondary N) is 1. The van der Waals surface area contributed by atoms with Crippen LogP contribution in [-0.2, 0) is 0 Å². The molecule has 0 aliphatic carbocycles. The smallest absolute Gasteiger partial charge is 0.150 e. The molecule has 1 N–H and O–H groups in total. The van der Waals surface area contributed by atoms with Crippen LogP contribution in [0.5, 0.6) is 0 Å². The van der Waals surface area contributed by atoms with E-state index in [4.69, 9.17) is 0 Å². The van der Waals surface area contributed by atoms with Crippen LogP contribution in [0, 0.1) is 39.3 Å². The van der Waals surface area contributed by atoms with Crippen LogP contribution in [0.4, 0.5) is 20.3 Å². The molecule has 0 spiro atoms. The Balaban J connectivity index is 1.91. The van der Waals surface area contributed by atoms with Crippen LogP contribution in [0.25, 0.3) is 16.7 Å². The zero-order valence-corrected chi connectivity index (χ0v) is 16.1. The Morgan fingerprint density at radius 1 is 0.821 bits per heavy atom. The van der Waals surface area contributed by atoms with Gasteiger partial charge in [-0.1, -0.05) is 6.07 Å². The van der Waals surface area contributed by atoms with Crippen molar-refractivity contribution in [1.82, 2.24) is 14.5 Å². The molecule has 0 unspecified atom stereocenters. The van der Waals surface area contributed by atoms with Gasteiger partial charge in [0.15, 0.2) is 5.65 Å². The highest BCUT2D eigenvalue weighted by molar-refractivity contribution is 5.94. The molecule has 0 radical (unpaired) electrons. The van der Waals surface area contributed by atoms with E-state index < -0.39 is 11.6 Å². The molecule has 2 aromatic carbocycles. The van der Waals surface area contributed by atoms with E-state index in [0.29, 0.717) is 17.2 Å². The third-order valence-corrected chi connectivity index (χ3v) is 4.88. The minimum absolute atomic E-state index is 0.393. The highest BCUT2D eigenvalue weighted by Gasteiger charge is 2.18. The van der Waals surface area contributed by atoms with Crippen molar-refractivity contribution in [2.45, 2.75) is 27.7 Å². The van der Waals surface area contributed by atoms with Gasteiger partial charge in [0.2, 0.25) is 0 Å². The SMILES string of the molecule is Cc1cc(C)cc(Nc2ncnc3c2c(C)c(C)n3-c2cc(F)cc(F)c2)c1. The molecule has 2 heterocycles. The van der Waals surface area contributed by atoms with Crippen molar-refractivity contribution in [3.8, 4) is 5.69 Å². The number of aryl methyl sites for hydroxylation is 3. The fourth-order valence-corrected chi connectivity index (χ4v) is 3.66. The summed E-state index contributed by atoms with van der Waals surface area (Å²) in [6.45, 7) is 7.94. The monoisotopic (exact) mass is 378 g/mol. The van der Waals surface area contributed by atoms with Crippen LogP contribution in [0.2, 0.25) is 0 Å². The normalized spacial score (nSPS) is 11.2. The van der Waals surface area contributed by atoms with E-state index in [0.717, 1.165) is 39.5 Å². The minimum Gasteiger partial charge on any atom is -0.340 e. The second kappa shape index (κ2) is 6.71. The average Bonchev–Trinajstić information content (AvgIpc) is 2.85. The van der Waals surface area contributed by atoms with Gasteiger partial charge in [0.25, 0.3) is 0 Å². The molecule has 0 fully saturated rings. The van der Waals surface area contributed by atoms with Crippen molar-refractivity contribution < 1.29 is 8.78 Å². The number of anilines is 2. The van der Waals surface area contributed by atoms with Crippen molar-refractivity contribution >= 4 is 22.5 Å². The summed E-state index contributed by atoms with van der Waals surface area (Å²) in [4.78, 5) is 8.82. The van der Waals surface area contributed by atoms with Gasteiger partial charge in [0.05, 0.1) is 11.1 Å². The Bertz CT molecular complexity index is 1170. The fourth-order valence-electron chi connectivity index (χ4n) is 3.66. The highest BCUT2D eigenvalue weighted by Crippen LogP contribution is 2.33. The molecule has 4 nitrogen and oxygen atoms in total. The van der Waals surface area contributed by atoms with Gasteiger partial charge in [-0.3, -0.25) is 4.57 Å². The van der Waals surface area contributed by atoms with E-state index in [1.165, 1.54) is 18.5 Å². The minimum atomic E-state index is -0.628. The molecule has 6 heteroatoms. The maximum absolute atomic E-state index is 13.8. The zero-order valence-electron chi connectivity index (χ0n) is 16.1. The molecule has 0 saturated heterocycles. The molecule has 0 amide bonds. The van der Waals surface area contributed by atoms with Gasteiger partial charge in [-0.05, 0) is 68.7 Å². The first-order chi connectivity index (χ1) is 13.3. The van der Waals surface area contributed by atoms with Crippen LogP contribution in [0.15, 0.2) is 42.7 Å². The van der Waals surface area contributed by atoms with E-state index in [1.807, 2.05) is 39.8 Å². The van der Waals surface area contributed by atoms with E-state index >= 15 is 0 Å². The maximum atomic E-state index is 13.8. The lowest BCUT2D eigenvalue weighted by Crippen LogP contribution is -2.01. The molecule has 0 aliphatic rings. The van der Waals surface area contributed by atoms with Crippen molar-refractivity contribution in [3.63, 3.8) is 0 Å². The first kappa shape index (κ1) is 18.1. The Morgan fingerprint density at radius 3 is 2.11 bits per heavy atom. The topological polar surface area (TPSA) is 42.7 Å². The second-order valence-corrected chi connectivity index (χ2v) is 7.10. The summed E-state index contributed by atoms with van der Waals surface area (Å²) in [7, 11) is 0. The van der Waals surface area contributed by atoms with Crippen LogP contribution in [-0.4, -0.2) is 14.5 Å². The number of fused-ring (bicyclic) bond motifs is 1. The van der Waals surface area contributed by atoms with E-state index in [1.54, 1.807) is 4.57 Å². The third-order valence-electron chi connectivity index (χ3n) is 4.88. The number of nitrogens with zero attached hydrogens (tertiary/aromatic N) is 3. The van der Waals surface area contributed by atoms with Gasteiger partial charge < -0.3 is 5.32 Å². The van der Waals surface area contributed by atoms with Gasteiger partial charge in [-0.15, -0.1) is 0 Å².